The Balaban J connectivity index is 2.53. The van der Waals surface area contributed by atoms with Crippen LogP contribution in [0.4, 0.5) is 0 Å². The van der Waals surface area contributed by atoms with Crippen molar-refractivity contribution >= 4 is 0 Å². The molecule has 2 nitrogen and oxygen atoms in total. The molecule has 1 atom stereocenters. The van der Waals surface area contributed by atoms with E-state index in [-0.39, 0.29) is 0 Å². The Morgan fingerprint density at radius 3 is 2.06 bits per heavy atom. The minimum atomic E-state index is 0.595. The molecule has 1 aliphatic rings. The highest BCUT2D eigenvalue weighted by Crippen LogP contribution is 2.31. The summed E-state index contributed by atoms with van der Waals surface area (Å²) in [6.07, 6.45) is 4.17. The van der Waals surface area contributed by atoms with Crippen LogP contribution in [0.15, 0.2) is 0 Å². The number of hydrogen-bond acceptors (Lipinski definition) is 2. The lowest BCUT2D eigenvalue weighted by Gasteiger charge is -2.36. The molecular weight excluding hydrogens is 220 g/mol. The molecule has 0 aromatic carbocycles. The zero-order valence-corrected chi connectivity index (χ0v) is 13.4. The van der Waals surface area contributed by atoms with Gasteiger partial charge in [0.15, 0.2) is 0 Å². The van der Waals surface area contributed by atoms with Crippen molar-refractivity contribution in [3.05, 3.63) is 0 Å². The summed E-state index contributed by atoms with van der Waals surface area (Å²) in [7, 11) is 0. The molecule has 1 fully saturated rings. The lowest BCUT2D eigenvalue weighted by molar-refractivity contribution is 0.133. The fourth-order valence-electron chi connectivity index (χ4n) is 2.52. The highest BCUT2D eigenvalue weighted by Gasteiger charge is 2.34. The molecule has 2 heteroatoms. The maximum Gasteiger partial charge on any atom is 0.0246 e. The Labute approximate surface area is 115 Å². The second-order valence-electron chi connectivity index (χ2n) is 7.03. The van der Waals surface area contributed by atoms with E-state index in [0.717, 1.165) is 24.4 Å². The zero-order chi connectivity index (χ0) is 13.7. The van der Waals surface area contributed by atoms with Gasteiger partial charge in [-0.25, -0.2) is 0 Å². The van der Waals surface area contributed by atoms with Gasteiger partial charge in [-0.1, -0.05) is 41.5 Å². The summed E-state index contributed by atoms with van der Waals surface area (Å²) < 4.78 is 0. The molecule has 0 bridgehead atoms. The standard InChI is InChI=1S/C16H34N2/c1-12(2)9-10-18(15-7-8-15)16(13(3)4)11-17-14(5)6/h12-17H,7-11H2,1-6H3. The number of rotatable bonds is 9. The molecule has 108 valence electrons. The van der Waals surface area contributed by atoms with Crippen molar-refractivity contribution in [3.8, 4) is 0 Å². The van der Waals surface area contributed by atoms with Gasteiger partial charge in [-0.05, 0) is 37.6 Å². The molecule has 0 radical (unpaired) electrons. The van der Waals surface area contributed by atoms with E-state index < -0.39 is 0 Å². The van der Waals surface area contributed by atoms with Crippen molar-refractivity contribution in [3.63, 3.8) is 0 Å². The number of hydrogen-bond donors (Lipinski definition) is 1. The van der Waals surface area contributed by atoms with E-state index in [4.69, 9.17) is 0 Å². The van der Waals surface area contributed by atoms with E-state index in [0.29, 0.717) is 12.1 Å². The van der Waals surface area contributed by atoms with Gasteiger partial charge in [-0.2, -0.15) is 0 Å². The lowest BCUT2D eigenvalue weighted by atomic mass is 10.0. The summed E-state index contributed by atoms with van der Waals surface area (Å²) >= 11 is 0. The van der Waals surface area contributed by atoms with Crippen LogP contribution >= 0.6 is 0 Å². The average Bonchev–Trinajstić information content (AvgIpc) is 3.05. The molecular formula is C16H34N2. The summed E-state index contributed by atoms with van der Waals surface area (Å²) in [4.78, 5) is 2.79. The van der Waals surface area contributed by atoms with Crippen LogP contribution < -0.4 is 5.32 Å². The Bertz CT molecular complexity index is 203. The SMILES string of the molecule is CC(C)CCN(C1CC1)C(CNC(C)C)C(C)C. The Morgan fingerprint density at radius 1 is 1.06 bits per heavy atom. The number of nitrogens with one attached hydrogen (secondary N) is 1. The van der Waals surface area contributed by atoms with Crippen molar-refractivity contribution in [2.75, 3.05) is 13.1 Å². The molecule has 0 spiro atoms. The molecule has 1 aliphatic carbocycles. The Kier molecular flexibility index (Phi) is 6.65. The summed E-state index contributed by atoms with van der Waals surface area (Å²) in [6, 6.07) is 2.18. The topological polar surface area (TPSA) is 15.3 Å². The minimum Gasteiger partial charge on any atom is -0.313 e. The normalized spacial score (nSPS) is 18.3. The Hall–Kier alpha value is -0.0800. The Morgan fingerprint density at radius 2 is 1.67 bits per heavy atom. The van der Waals surface area contributed by atoms with Crippen LogP contribution in [-0.2, 0) is 0 Å². The van der Waals surface area contributed by atoms with Crippen molar-refractivity contribution in [2.24, 2.45) is 11.8 Å². The van der Waals surface area contributed by atoms with E-state index in [1.807, 2.05) is 0 Å². The third-order valence-corrected chi connectivity index (χ3v) is 3.91. The molecule has 1 rings (SSSR count). The molecule has 0 aromatic heterocycles. The van der Waals surface area contributed by atoms with Gasteiger partial charge >= 0.3 is 0 Å². The van der Waals surface area contributed by atoms with Crippen LogP contribution in [0.1, 0.15) is 60.8 Å². The molecule has 18 heavy (non-hydrogen) atoms. The van der Waals surface area contributed by atoms with E-state index >= 15 is 0 Å². The number of nitrogens with zero attached hydrogens (tertiary/aromatic N) is 1. The second-order valence-corrected chi connectivity index (χ2v) is 7.03. The summed E-state index contributed by atoms with van der Waals surface area (Å²) in [6.45, 7) is 16.3. The molecule has 0 aliphatic heterocycles. The van der Waals surface area contributed by atoms with Gasteiger partial charge in [-0.3, -0.25) is 4.90 Å². The van der Waals surface area contributed by atoms with Crippen molar-refractivity contribution in [1.29, 1.82) is 0 Å². The minimum absolute atomic E-state index is 0.595. The second kappa shape index (κ2) is 7.49. The quantitative estimate of drug-likeness (QED) is 0.677. The predicted octanol–water partition coefficient (Wildman–Crippen LogP) is 3.52. The third kappa shape index (κ3) is 5.71. The maximum absolute atomic E-state index is 3.64. The van der Waals surface area contributed by atoms with Gasteiger partial charge in [0.2, 0.25) is 0 Å². The molecule has 1 saturated carbocycles. The summed E-state index contributed by atoms with van der Waals surface area (Å²) in [5, 5.41) is 3.64. The lowest BCUT2D eigenvalue weighted by Crippen LogP contribution is -2.48. The van der Waals surface area contributed by atoms with E-state index in [1.54, 1.807) is 0 Å². The smallest absolute Gasteiger partial charge is 0.0246 e. The molecule has 1 N–H and O–H groups in total. The molecule has 0 amide bonds. The first-order valence-electron chi connectivity index (χ1n) is 7.91. The zero-order valence-electron chi connectivity index (χ0n) is 13.4. The van der Waals surface area contributed by atoms with Gasteiger partial charge in [-0.15, -0.1) is 0 Å². The van der Waals surface area contributed by atoms with Gasteiger partial charge in [0.25, 0.3) is 0 Å². The van der Waals surface area contributed by atoms with Gasteiger partial charge in [0, 0.05) is 24.7 Å². The van der Waals surface area contributed by atoms with E-state index in [2.05, 4.69) is 51.8 Å². The molecule has 0 saturated heterocycles. The highest BCUT2D eigenvalue weighted by atomic mass is 15.2. The van der Waals surface area contributed by atoms with Crippen molar-refractivity contribution in [2.45, 2.75) is 78.9 Å². The molecule has 1 unspecified atom stereocenters. The first-order chi connectivity index (χ1) is 8.41. The van der Waals surface area contributed by atoms with Crippen LogP contribution in [0, 0.1) is 11.8 Å². The van der Waals surface area contributed by atoms with E-state index in [9.17, 15) is 0 Å². The summed E-state index contributed by atoms with van der Waals surface area (Å²) in [5.74, 6) is 1.56. The average molecular weight is 254 g/mol. The third-order valence-electron chi connectivity index (χ3n) is 3.91. The van der Waals surface area contributed by atoms with Gasteiger partial charge in [0.05, 0.1) is 0 Å². The van der Waals surface area contributed by atoms with Crippen LogP contribution in [-0.4, -0.2) is 36.1 Å². The first-order valence-corrected chi connectivity index (χ1v) is 7.91. The van der Waals surface area contributed by atoms with Crippen LogP contribution in [0.5, 0.6) is 0 Å². The highest BCUT2D eigenvalue weighted by molar-refractivity contribution is 4.91. The fraction of sp³-hybridized carbons (Fsp3) is 1.00. The monoisotopic (exact) mass is 254 g/mol. The van der Waals surface area contributed by atoms with Crippen molar-refractivity contribution < 1.29 is 0 Å². The first kappa shape index (κ1) is 16.0. The fourth-order valence-corrected chi connectivity index (χ4v) is 2.52. The largest absolute Gasteiger partial charge is 0.313 e. The predicted molar refractivity (Wildman–Crippen MR) is 80.9 cm³/mol. The molecule has 0 heterocycles. The van der Waals surface area contributed by atoms with Gasteiger partial charge in [0.1, 0.15) is 0 Å². The summed E-state index contributed by atoms with van der Waals surface area (Å²) in [5.41, 5.74) is 0. The van der Waals surface area contributed by atoms with E-state index in [1.165, 1.54) is 25.8 Å². The van der Waals surface area contributed by atoms with Gasteiger partial charge < -0.3 is 5.32 Å². The van der Waals surface area contributed by atoms with Crippen LogP contribution in [0.25, 0.3) is 0 Å². The van der Waals surface area contributed by atoms with Crippen LogP contribution in [0.3, 0.4) is 0 Å². The van der Waals surface area contributed by atoms with Crippen LogP contribution in [0.2, 0.25) is 0 Å². The maximum atomic E-state index is 3.64. The molecule has 0 aromatic rings. The van der Waals surface area contributed by atoms with Crippen molar-refractivity contribution in [1.82, 2.24) is 10.2 Å².